The van der Waals surface area contributed by atoms with Crippen LogP contribution in [0.2, 0.25) is 0 Å². The third-order valence-electron chi connectivity index (χ3n) is 5.76. The van der Waals surface area contributed by atoms with E-state index in [4.69, 9.17) is 4.98 Å². The highest BCUT2D eigenvalue weighted by molar-refractivity contribution is 6.08. The van der Waals surface area contributed by atoms with Gasteiger partial charge in [-0.05, 0) is 45.9 Å². The summed E-state index contributed by atoms with van der Waals surface area (Å²) in [6, 6.07) is 7.50. The smallest absolute Gasteiger partial charge is 0.255 e. The predicted molar refractivity (Wildman–Crippen MR) is 116 cm³/mol. The van der Waals surface area contributed by atoms with Gasteiger partial charge in [0.2, 0.25) is 5.91 Å². The largest absolute Gasteiger partial charge is 0.342 e. The van der Waals surface area contributed by atoms with Crippen LogP contribution in [0.25, 0.3) is 22.2 Å². The molecule has 0 bridgehead atoms. The molecule has 4 rings (SSSR count). The van der Waals surface area contributed by atoms with Crippen molar-refractivity contribution >= 4 is 22.7 Å². The molecule has 1 fully saturated rings. The minimum absolute atomic E-state index is 0.0393. The van der Waals surface area contributed by atoms with E-state index < -0.39 is 6.04 Å². The molecule has 3 heterocycles. The van der Waals surface area contributed by atoms with Crippen LogP contribution in [-0.2, 0) is 4.79 Å². The highest BCUT2D eigenvalue weighted by Gasteiger charge is 2.33. The number of aromatic nitrogens is 3. The Balaban J connectivity index is 1.83. The summed E-state index contributed by atoms with van der Waals surface area (Å²) in [5, 5.41) is 5.22. The Morgan fingerprint density at radius 1 is 1.20 bits per heavy atom. The van der Waals surface area contributed by atoms with Gasteiger partial charge in [-0.2, -0.15) is 5.10 Å². The fourth-order valence-electron chi connectivity index (χ4n) is 3.86. The van der Waals surface area contributed by atoms with E-state index in [1.807, 2.05) is 42.1 Å². The molecule has 0 saturated carbocycles. The Labute approximate surface area is 176 Å². The highest BCUT2D eigenvalue weighted by atomic mass is 16.2. The van der Waals surface area contributed by atoms with Crippen molar-refractivity contribution in [2.75, 3.05) is 20.1 Å². The second-order valence-corrected chi connectivity index (χ2v) is 8.31. The monoisotopic (exact) mass is 405 g/mol. The lowest BCUT2D eigenvalue weighted by atomic mass is 10.0. The number of pyridine rings is 1. The van der Waals surface area contributed by atoms with Crippen molar-refractivity contribution in [3.05, 3.63) is 47.8 Å². The zero-order valence-electron chi connectivity index (χ0n) is 18.1. The SMILES string of the molecule is Cc1ccc2nc(-c3cnn(C(C)C)c3)cc(C(=O)N3CCN(C)C(=O)[C@H]3C)c2c1. The molecule has 1 aliphatic rings. The molecule has 0 unspecified atom stereocenters. The van der Waals surface area contributed by atoms with Gasteiger partial charge in [-0.25, -0.2) is 4.98 Å². The van der Waals surface area contributed by atoms with Crippen LogP contribution in [-0.4, -0.2) is 62.6 Å². The fraction of sp³-hybridized carbons (Fsp3) is 0.391. The van der Waals surface area contributed by atoms with Crippen LogP contribution in [0.1, 0.15) is 42.7 Å². The van der Waals surface area contributed by atoms with Crippen LogP contribution in [0.15, 0.2) is 36.7 Å². The number of rotatable bonds is 3. The highest BCUT2D eigenvalue weighted by Crippen LogP contribution is 2.28. The number of carbonyl (C=O) groups is 2. The van der Waals surface area contributed by atoms with E-state index in [9.17, 15) is 9.59 Å². The van der Waals surface area contributed by atoms with Crippen molar-refractivity contribution in [1.29, 1.82) is 0 Å². The van der Waals surface area contributed by atoms with Crippen LogP contribution >= 0.6 is 0 Å². The molecule has 3 aromatic rings. The van der Waals surface area contributed by atoms with Gasteiger partial charge in [0.25, 0.3) is 5.91 Å². The topological polar surface area (TPSA) is 71.3 Å². The Bertz CT molecular complexity index is 1130. The number of hydrogen-bond acceptors (Lipinski definition) is 4. The molecule has 0 spiro atoms. The van der Waals surface area contributed by atoms with Gasteiger partial charge >= 0.3 is 0 Å². The van der Waals surface area contributed by atoms with Crippen molar-refractivity contribution in [2.24, 2.45) is 0 Å². The molecular weight excluding hydrogens is 378 g/mol. The quantitative estimate of drug-likeness (QED) is 0.670. The third kappa shape index (κ3) is 3.44. The van der Waals surface area contributed by atoms with Crippen LogP contribution in [0.5, 0.6) is 0 Å². The summed E-state index contributed by atoms with van der Waals surface area (Å²) in [6.45, 7) is 8.96. The Morgan fingerprint density at radius 2 is 1.97 bits per heavy atom. The van der Waals surface area contributed by atoms with Crippen LogP contribution in [0, 0.1) is 6.92 Å². The minimum Gasteiger partial charge on any atom is -0.342 e. The van der Waals surface area contributed by atoms with Gasteiger partial charge in [0.05, 0.1) is 23.0 Å². The maximum Gasteiger partial charge on any atom is 0.255 e. The molecule has 1 saturated heterocycles. The Hall–Kier alpha value is -3.22. The minimum atomic E-state index is -0.489. The Morgan fingerprint density at radius 3 is 2.67 bits per heavy atom. The molecular formula is C23H27N5O2. The average Bonchev–Trinajstić information content (AvgIpc) is 3.22. The lowest BCUT2D eigenvalue weighted by Crippen LogP contribution is -2.56. The second kappa shape index (κ2) is 7.55. The molecule has 2 amide bonds. The van der Waals surface area contributed by atoms with Crippen molar-refractivity contribution in [2.45, 2.75) is 39.8 Å². The maximum atomic E-state index is 13.6. The normalized spacial score (nSPS) is 17.3. The van der Waals surface area contributed by atoms with Gasteiger partial charge in [-0.3, -0.25) is 14.3 Å². The molecule has 0 radical (unpaired) electrons. The molecule has 156 valence electrons. The number of likely N-dealkylation sites (N-methyl/N-ethyl adjacent to an activating group) is 1. The zero-order chi connectivity index (χ0) is 21.6. The second-order valence-electron chi connectivity index (χ2n) is 8.31. The number of fused-ring (bicyclic) bond motifs is 1. The summed E-state index contributed by atoms with van der Waals surface area (Å²) in [5.41, 5.74) is 3.95. The standard InChI is InChI=1S/C23H27N5O2/c1-14(2)28-13-17(12-24-28)21-11-19(18-10-15(3)6-7-20(18)25-21)23(30)27-9-8-26(5)22(29)16(27)4/h6-7,10-14,16H,8-9H2,1-5H3/t16-/m1/s1. The number of piperazine rings is 1. The Kier molecular flexibility index (Phi) is 5.05. The van der Waals surface area contributed by atoms with Crippen LogP contribution in [0.3, 0.4) is 0 Å². The van der Waals surface area contributed by atoms with Gasteiger partial charge in [0.1, 0.15) is 6.04 Å². The maximum absolute atomic E-state index is 13.6. The fourth-order valence-corrected chi connectivity index (χ4v) is 3.86. The molecule has 1 atom stereocenters. The molecule has 1 aromatic carbocycles. The molecule has 0 aliphatic carbocycles. The molecule has 7 nitrogen and oxygen atoms in total. The molecule has 7 heteroatoms. The average molecular weight is 406 g/mol. The van der Waals surface area contributed by atoms with Gasteiger partial charge in [-0.1, -0.05) is 11.6 Å². The van der Waals surface area contributed by atoms with Crippen molar-refractivity contribution < 1.29 is 9.59 Å². The van der Waals surface area contributed by atoms with Crippen LogP contribution in [0.4, 0.5) is 0 Å². The first kappa shape index (κ1) is 20.1. The van der Waals surface area contributed by atoms with Gasteiger partial charge in [0, 0.05) is 43.3 Å². The number of nitrogens with zero attached hydrogens (tertiary/aromatic N) is 5. The molecule has 1 aliphatic heterocycles. The van der Waals surface area contributed by atoms with Crippen molar-refractivity contribution in [3.8, 4) is 11.3 Å². The number of aryl methyl sites for hydroxylation is 1. The lowest BCUT2D eigenvalue weighted by molar-refractivity contribution is -0.137. The van der Waals surface area contributed by atoms with E-state index in [0.29, 0.717) is 24.3 Å². The van der Waals surface area contributed by atoms with E-state index in [0.717, 1.165) is 22.0 Å². The van der Waals surface area contributed by atoms with Crippen molar-refractivity contribution in [1.82, 2.24) is 24.6 Å². The summed E-state index contributed by atoms with van der Waals surface area (Å²) in [6.07, 6.45) is 3.72. The van der Waals surface area contributed by atoms with E-state index in [1.165, 1.54) is 0 Å². The lowest BCUT2D eigenvalue weighted by Gasteiger charge is -2.37. The third-order valence-corrected chi connectivity index (χ3v) is 5.76. The van der Waals surface area contributed by atoms with E-state index >= 15 is 0 Å². The number of benzene rings is 1. The number of hydrogen-bond donors (Lipinski definition) is 0. The van der Waals surface area contributed by atoms with Gasteiger partial charge < -0.3 is 9.80 Å². The van der Waals surface area contributed by atoms with E-state index in [2.05, 4.69) is 18.9 Å². The summed E-state index contributed by atoms with van der Waals surface area (Å²) < 4.78 is 1.87. The van der Waals surface area contributed by atoms with E-state index in [1.54, 1.807) is 30.0 Å². The first-order valence-corrected chi connectivity index (χ1v) is 10.3. The summed E-state index contributed by atoms with van der Waals surface area (Å²) >= 11 is 0. The zero-order valence-corrected chi connectivity index (χ0v) is 18.1. The van der Waals surface area contributed by atoms with Crippen molar-refractivity contribution in [3.63, 3.8) is 0 Å². The first-order valence-electron chi connectivity index (χ1n) is 10.3. The summed E-state index contributed by atoms with van der Waals surface area (Å²) in [7, 11) is 1.77. The summed E-state index contributed by atoms with van der Waals surface area (Å²) in [5.74, 6) is -0.179. The molecule has 30 heavy (non-hydrogen) atoms. The molecule has 0 N–H and O–H groups in total. The summed E-state index contributed by atoms with van der Waals surface area (Å²) in [4.78, 5) is 34.2. The number of carbonyl (C=O) groups excluding carboxylic acids is 2. The first-order chi connectivity index (χ1) is 14.3. The molecule has 2 aromatic heterocycles. The number of amides is 2. The predicted octanol–water partition coefficient (Wildman–Crippen LogP) is 3.29. The van der Waals surface area contributed by atoms with Gasteiger partial charge in [-0.15, -0.1) is 0 Å². The van der Waals surface area contributed by atoms with Gasteiger partial charge in [0.15, 0.2) is 0 Å². The van der Waals surface area contributed by atoms with E-state index in [-0.39, 0.29) is 17.9 Å². The van der Waals surface area contributed by atoms with Crippen LogP contribution < -0.4 is 0 Å².